The van der Waals surface area contributed by atoms with Crippen LogP contribution in [0, 0.1) is 0 Å². The topological polar surface area (TPSA) is 9.23 Å². The van der Waals surface area contributed by atoms with Gasteiger partial charge in [-0.1, -0.05) is 42.5 Å². The highest BCUT2D eigenvalue weighted by Crippen LogP contribution is 2.06. The normalized spacial score (nSPS) is 9.29. The minimum atomic E-state index is 0.587. The van der Waals surface area contributed by atoms with Gasteiger partial charge in [0.25, 0.3) is 0 Å². The van der Waals surface area contributed by atoms with Gasteiger partial charge in [-0.05, 0) is 25.5 Å². The van der Waals surface area contributed by atoms with Gasteiger partial charge in [-0.2, -0.15) is 0 Å². The van der Waals surface area contributed by atoms with E-state index < -0.39 is 0 Å². The lowest BCUT2D eigenvalue weighted by Crippen LogP contribution is -1.90. The number of allylic oxidation sites excluding steroid dienone is 2. The zero-order valence-electron chi connectivity index (χ0n) is 8.79. The molecule has 14 heavy (non-hydrogen) atoms. The van der Waals surface area contributed by atoms with Crippen molar-refractivity contribution in [2.75, 3.05) is 0 Å². The molecule has 1 aromatic carbocycles. The van der Waals surface area contributed by atoms with E-state index in [0.29, 0.717) is 12.4 Å². The SMILES string of the molecule is C=C(C=C(C)C)OCc1ccccc1. The van der Waals surface area contributed by atoms with E-state index in [1.54, 1.807) is 0 Å². The van der Waals surface area contributed by atoms with Crippen LogP contribution in [0.5, 0.6) is 0 Å². The molecule has 0 spiro atoms. The van der Waals surface area contributed by atoms with Crippen molar-refractivity contribution in [1.29, 1.82) is 0 Å². The second-order valence-corrected chi connectivity index (χ2v) is 3.46. The Morgan fingerprint density at radius 2 is 1.93 bits per heavy atom. The lowest BCUT2D eigenvalue weighted by Gasteiger charge is -2.05. The largest absolute Gasteiger partial charge is 0.490 e. The van der Waals surface area contributed by atoms with Crippen molar-refractivity contribution in [3.05, 3.63) is 59.9 Å². The van der Waals surface area contributed by atoms with Crippen LogP contribution in [0.15, 0.2) is 54.3 Å². The number of hydrogen-bond acceptors (Lipinski definition) is 1. The Bertz CT molecular complexity index is 318. The first-order valence-electron chi connectivity index (χ1n) is 4.69. The van der Waals surface area contributed by atoms with Crippen molar-refractivity contribution < 1.29 is 4.74 Å². The number of benzene rings is 1. The predicted molar refractivity (Wildman–Crippen MR) is 59.8 cm³/mol. The average molecular weight is 188 g/mol. The second kappa shape index (κ2) is 5.28. The summed E-state index contributed by atoms with van der Waals surface area (Å²) in [6.07, 6.45) is 1.93. The molecule has 1 nitrogen and oxygen atoms in total. The summed E-state index contributed by atoms with van der Waals surface area (Å²) in [7, 11) is 0. The molecule has 0 atom stereocenters. The Balaban J connectivity index is 2.42. The lowest BCUT2D eigenvalue weighted by molar-refractivity contribution is 0.212. The third kappa shape index (κ3) is 3.94. The van der Waals surface area contributed by atoms with Crippen LogP contribution in [0.25, 0.3) is 0 Å². The van der Waals surface area contributed by atoms with Gasteiger partial charge in [0.05, 0.1) is 0 Å². The molecule has 0 amide bonds. The molecule has 0 aliphatic carbocycles. The molecule has 0 fully saturated rings. The van der Waals surface area contributed by atoms with Crippen LogP contribution in [0.1, 0.15) is 19.4 Å². The maximum atomic E-state index is 5.47. The van der Waals surface area contributed by atoms with Crippen LogP contribution in [0.3, 0.4) is 0 Å². The van der Waals surface area contributed by atoms with Gasteiger partial charge in [0.15, 0.2) is 0 Å². The monoisotopic (exact) mass is 188 g/mol. The fraction of sp³-hybridized carbons (Fsp3) is 0.231. The summed E-state index contributed by atoms with van der Waals surface area (Å²) in [6.45, 7) is 8.45. The maximum absolute atomic E-state index is 5.47. The Morgan fingerprint density at radius 1 is 1.29 bits per heavy atom. The maximum Gasteiger partial charge on any atom is 0.113 e. The highest BCUT2D eigenvalue weighted by atomic mass is 16.5. The molecule has 0 radical (unpaired) electrons. The molecule has 1 aromatic rings. The van der Waals surface area contributed by atoms with Crippen LogP contribution in [-0.2, 0) is 11.3 Å². The average Bonchev–Trinajstić information content (AvgIpc) is 2.15. The van der Waals surface area contributed by atoms with Gasteiger partial charge in [0.1, 0.15) is 12.4 Å². The molecule has 0 aliphatic rings. The number of rotatable bonds is 4. The Morgan fingerprint density at radius 3 is 2.50 bits per heavy atom. The number of hydrogen-bond donors (Lipinski definition) is 0. The summed E-state index contributed by atoms with van der Waals surface area (Å²) in [6, 6.07) is 10.1. The molecule has 0 heterocycles. The standard InChI is InChI=1S/C13H16O/c1-11(2)9-12(3)14-10-13-7-5-4-6-8-13/h4-9H,3,10H2,1-2H3. The van der Waals surface area contributed by atoms with Gasteiger partial charge in [-0.25, -0.2) is 0 Å². The van der Waals surface area contributed by atoms with E-state index >= 15 is 0 Å². The smallest absolute Gasteiger partial charge is 0.113 e. The fourth-order valence-electron chi connectivity index (χ4n) is 1.11. The predicted octanol–water partition coefficient (Wildman–Crippen LogP) is 3.68. The first-order valence-corrected chi connectivity index (χ1v) is 4.69. The molecule has 0 saturated heterocycles. The van der Waals surface area contributed by atoms with Crippen LogP contribution < -0.4 is 0 Å². The molecule has 74 valence electrons. The van der Waals surface area contributed by atoms with Crippen molar-refractivity contribution in [1.82, 2.24) is 0 Å². The summed E-state index contributed by atoms with van der Waals surface area (Å²) in [4.78, 5) is 0. The van der Waals surface area contributed by atoms with E-state index in [1.165, 1.54) is 5.57 Å². The summed E-state index contributed by atoms with van der Waals surface area (Å²) in [5, 5.41) is 0. The van der Waals surface area contributed by atoms with Crippen molar-refractivity contribution in [3.63, 3.8) is 0 Å². The summed E-state index contributed by atoms with van der Waals surface area (Å²) in [5.41, 5.74) is 2.36. The Hall–Kier alpha value is -1.50. The van der Waals surface area contributed by atoms with Crippen molar-refractivity contribution in [2.45, 2.75) is 20.5 Å². The molecule has 1 heteroatoms. The van der Waals surface area contributed by atoms with Gasteiger partial charge < -0.3 is 4.74 Å². The molecule has 0 aliphatic heterocycles. The van der Waals surface area contributed by atoms with Crippen LogP contribution in [-0.4, -0.2) is 0 Å². The first-order chi connectivity index (χ1) is 6.68. The quantitative estimate of drug-likeness (QED) is 0.517. The highest BCUT2D eigenvalue weighted by Gasteiger charge is 1.92. The third-order valence-electron chi connectivity index (χ3n) is 1.72. The molecule has 0 unspecified atom stereocenters. The Labute approximate surface area is 85.7 Å². The summed E-state index contributed by atoms with van der Waals surface area (Å²) >= 11 is 0. The molecule has 0 saturated carbocycles. The van der Waals surface area contributed by atoms with Gasteiger partial charge in [0, 0.05) is 0 Å². The minimum absolute atomic E-state index is 0.587. The van der Waals surface area contributed by atoms with E-state index in [0.717, 1.165) is 5.56 Å². The van der Waals surface area contributed by atoms with E-state index in [-0.39, 0.29) is 0 Å². The summed E-state index contributed by atoms with van der Waals surface area (Å²) < 4.78 is 5.47. The zero-order chi connectivity index (χ0) is 10.4. The van der Waals surface area contributed by atoms with Crippen molar-refractivity contribution >= 4 is 0 Å². The van der Waals surface area contributed by atoms with Crippen LogP contribution >= 0.6 is 0 Å². The lowest BCUT2D eigenvalue weighted by atomic mass is 10.2. The highest BCUT2D eigenvalue weighted by molar-refractivity contribution is 5.16. The van der Waals surface area contributed by atoms with Crippen LogP contribution in [0.4, 0.5) is 0 Å². The third-order valence-corrected chi connectivity index (χ3v) is 1.72. The molecular weight excluding hydrogens is 172 g/mol. The van der Waals surface area contributed by atoms with Crippen molar-refractivity contribution in [2.24, 2.45) is 0 Å². The van der Waals surface area contributed by atoms with E-state index in [1.807, 2.05) is 50.3 Å². The number of ether oxygens (including phenoxy) is 1. The van der Waals surface area contributed by atoms with Crippen molar-refractivity contribution in [3.8, 4) is 0 Å². The van der Waals surface area contributed by atoms with Gasteiger partial charge in [-0.15, -0.1) is 0 Å². The fourth-order valence-corrected chi connectivity index (χ4v) is 1.11. The van der Waals surface area contributed by atoms with Gasteiger partial charge in [0.2, 0.25) is 0 Å². The van der Waals surface area contributed by atoms with E-state index in [2.05, 4.69) is 6.58 Å². The van der Waals surface area contributed by atoms with Crippen LogP contribution in [0.2, 0.25) is 0 Å². The zero-order valence-corrected chi connectivity index (χ0v) is 8.79. The molecule has 0 aromatic heterocycles. The van der Waals surface area contributed by atoms with E-state index in [9.17, 15) is 0 Å². The molecule has 0 N–H and O–H groups in total. The molecular formula is C13H16O. The van der Waals surface area contributed by atoms with E-state index in [4.69, 9.17) is 4.74 Å². The van der Waals surface area contributed by atoms with Gasteiger partial charge >= 0.3 is 0 Å². The molecule has 0 bridgehead atoms. The van der Waals surface area contributed by atoms with Gasteiger partial charge in [-0.3, -0.25) is 0 Å². The Kier molecular flexibility index (Phi) is 3.99. The molecule has 1 rings (SSSR count). The first kappa shape index (κ1) is 10.6. The minimum Gasteiger partial charge on any atom is -0.490 e. The second-order valence-electron chi connectivity index (χ2n) is 3.46. The summed E-state index contributed by atoms with van der Waals surface area (Å²) in [5.74, 6) is 0.717.